The fourth-order valence-corrected chi connectivity index (χ4v) is 2.61. The zero-order valence-electron chi connectivity index (χ0n) is 14.6. The molecule has 0 aromatic heterocycles. The van der Waals surface area contributed by atoms with E-state index in [-0.39, 0.29) is 5.91 Å². The molecule has 2 aromatic carbocycles. The smallest absolute Gasteiger partial charge is 0.275 e. The molecule has 0 spiro atoms. The van der Waals surface area contributed by atoms with Crippen LogP contribution in [0.2, 0.25) is 0 Å². The van der Waals surface area contributed by atoms with Gasteiger partial charge in [-0.25, -0.2) is 4.99 Å². The molecular formula is C21H22N2O2. The number of aryl methyl sites for hydroxylation is 1. The third kappa shape index (κ3) is 4.15. The predicted octanol–water partition coefficient (Wildman–Crippen LogP) is 4.09. The Morgan fingerprint density at radius 1 is 1.16 bits per heavy atom. The molecule has 1 heterocycles. The van der Waals surface area contributed by atoms with Crippen LogP contribution in [-0.2, 0) is 4.79 Å². The number of benzene rings is 2. The van der Waals surface area contributed by atoms with Crippen LogP contribution in [0.4, 0.5) is 0 Å². The van der Waals surface area contributed by atoms with Crippen molar-refractivity contribution < 1.29 is 9.53 Å². The fourth-order valence-electron chi connectivity index (χ4n) is 2.61. The third-order valence-electron chi connectivity index (χ3n) is 4.00. The summed E-state index contributed by atoms with van der Waals surface area (Å²) in [6, 6.07) is 15.5. The lowest BCUT2D eigenvalue weighted by molar-refractivity contribution is -0.115. The number of hydrogen-bond donors (Lipinski definition) is 1. The number of aliphatic imine (C=N–C) groups is 1. The molecule has 0 atom stereocenters. The van der Waals surface area contributed by atoms with Gasteiger partial charge in [-0.3, -0.25) is 4.79 Å². The van der Waals surface area contributed by atoms with Crippen LogP contribution in [0.5, 0.6) is 5.75 Å². The van der Waals surface area contributed by atoms with Crippen LogP contribution in [0, 0.1) is 6.92 Å². The number of carbonyl (C=O) groups is 1. The van der Waals surface area contributed by atoms with E-state index in [0.29, 0.717) is 11.5 Å². The van der Waals surface area contributed by atoms with Gasteiger partial charge in [0.15, 0.2) is 0 Å². The minimum absolute atomic E-state index is 0.181. The highest BCUT2D eigenvalue weighted by atomic mass is 16.5. The van der Waals surface area contributed by atoms with Gasteiger partial charge >= 0.3 is 0 Å². The number of nitrogens with zero attached hydrogens (tertiary/aromatic N) is 1. The van der Waals surface area contributed by atoms with Gasteiger partial charge in [0.1, 0.15) is 17.3 Å². The summed E-state index contributed by atoms with van der Waals surface area (Å²) in [4.78, 5) is 16.6. The van der Waals surface area contributed by atoms with Crippen molar-refractivity contribution in [2.75, 3.05) is 6.61 Å². The Morgan fingerprint density at radius 2 is 1.96 bits per heavy atom. The van der Waals surface area contributed by atoms with Gasteiger partial charge < -0.3 is 10.1 Å². The van der Waals surface area contributed by atoms with E-state index in [1.54, 1.807) is 6.08 Å². The molecule has 3 rings (SSSR count). The topological polar surface area (TPSA) is 50.7 Å². The quantitative estimate of drug-likeness (QED) is 0.639. The average molecular weight is 334 g/mol. The van der Waals surface area contributed by atoms with Crippen LogP contribution < -0.4 is 10.1 Å². The summed E-state index contributed by atoms with van der Waals surface area (Å²) in [6.45, 7) is 4.88. The number of hydrogen-bond acceptors (Lipinski definition) is 3. The van der Waals surface area contributed by atoms with Crippen LogP contribution in [0.15, 0.2) is 59.2 Å². The second-order valence-electron chi connectivity index (χ2n) is 6.04. The van der Waals surface area contributed by atoms with Gasteiger partial charge in [0, 0.05) is 5.56 Å². The molecule has 0 unspecified atom stereocenters. The van der Waals surface area contributed by atoms with E-state index in [2.05, 4.69) is 17.2 Å². The SMILES string of the molecule is CCCCOc1ccc(/C=C2\N=C(c3ccccc3)NC2=O)cc1C. The largest absolute Gasteiger partial charge is 0.493 e. The Morgan fingerprint density at radius 3 is 2.68 bits per heavy atom. The first kappa shape index (κ1) is 17.0. The Balaban J connectivity index is 1.79. The molecule has 0 aliphatic carbocycles. The molecule has 1 amide bonds. The maximum absolute atomic E-state index is 12.2. The lowest BCUT2D eigenvalue weighted by atomic mass is 10.1. The molecule has 128 valence electrons. The first-order valence-corrected chi connectivity index (χ1v) is 8.58. The maximum Gasteiger partial charge on any atom is 0.275 e. The molecule has 2 aromatic rings. The van der Waals surface area contributed by atoms with E-state index in [9.17, 15) is 4.79 Å². The highest BCUT2D eigenvalue weighted by molar-refractivity contribution is 6.19. The van der Waals surface area contributed by atoms with Gasteiger partial charge in [0.05, 0.1) is 6.61 Å². The lowest BCUT2D eigenvalue weighted by Crippen LogP contribution is -2.24. The Hall–Kier alpha value is -2.88. The zero-order valence-corrected chi connectivity index (χ0v) is 14.6. The summed E-state index contributed by atoms with van der Waals surface area (Å²) < 4.78 is 5.77. The summed E-state index contributed by atoms with van der Waals surface area (Å²) >= 11 is 0. The van der Waals surface area contributed by atoms with Crippen LogP contribution >= 0.6 is 0 Å². The van der Waals surface area contributed by atoms with Crippen molar-refractivity contribution in [1.29, 1.82) is 0 Å². The molecule has 0 bridgehead atoms. The number of ether oxygens (including phenoxy) is 1. The summed E-state index contributed by atoms with van der Waals surface area (Å²) in [7, 11) is 0. The van der Waals surface area contributed by atoms with Crippen molar-refractivity contribution in [3.8, 4) is 5.75 Å². The van der Waals surface area contributed by atoms with E-state index >= 15 is 0 Å². The Bertz CT molecular complexity index is 823. The van der Waals surface area contributed by atoms with Gasteiger partial charge in [-0.1, -0.05) is 49.7 Å². The van der Waals surface area contributed by atoms with Crippen LogP contribution in [0.25, 0.3) is 6.08 Å². The number of unbranched alkanes of at least 4 members (excludes halogenated alkanes) is 1. The van der Waals surface area contributed by atoms with Gasteiger partial charge in [0.25, 0.3) is 5.91 Å². The molecule has 0 fully saturated rings. The second kappa shape index (κ2) is 7.79. The van der Waals surface area contributed by atoms with Gasteiger partial charge in [-0.05, 0) is 42.7 Å². The van der Waals surface area contributed by atoms with Crippen molar-refractivity contribution in [3.63, 3.8) is 0 Å². The van der Waals surface area contributed by atoms with E-state index in [4.69, 9.17) is 4.74 Å². The van der Waals surface area contributed by atoms with E-state index in [0.717, 1.165) is 41.9 Å². The van der Waals surface area contributed by atoms with E-state index in [1.807, 2.05) is 55.5 Å². The Labute approximate surface area is 148 Å². The minimum Gasteiger partial charge on any atom is -0.493 e. The molecule has 4 heteroatoms. The minimum atomic E-state index is -0.181. The first-order chi connectivity index (χ1) is 12.2. The van der Waals surface area contributed by atoms with Crippen molar-refractivity contribution >= 4 is 17.8 Å². The summed E-state index contributed by atoms with van der Waals surface area (Å²) in [6.07, 6.45) is 3.95. The highest BCUT2D eigenvalue weighted by Crippen LogP contribution is 2.22. The van der Waals surface area contributed by atoms with Crippen molar-refractivity contribution in [1.82, 2.24) is 5.32 Å². The predicted molar refractivity (Wildman–Crippen MR) is 101 cm³/mol. The fraction of sp³-hybridized carbons (Fsp3) is 0.238. The molecule has 1 aliphatic rings. The summed E-state index contributed by atoms with van der Waals surface area (Å²) in [5, 5.41) is 2.82. The standard InChI is InChI=1S/C21H22N2O2/c1-3-4-12-25-19-11-10-16(13-15(19)2)14-18-21(24)23-20(22-18)17-8-6-5-7-9-17/h5-11,13-14H,3-4,12H2,1-2H3,(H,22,23,24)/b18-14-. The second-order valence-corrected chi connectivity index (χ2v) is 6.04. The van der Waals surface area contributed by atoms with Crippen molar-refractivity contribution in [2.45, 2.75) is 26.7 Å². The first-order valence-electron chi connectivity index (χ1n) is 8.58. The number of rotatable bonds is 6. The molecular weight excluding hydrogens is 312 g/mol. The van der Waals surface area contributed by atoms with Gasteiger partial charge in [-0.2, -0.15) is 0 Å². The zero-order chi connectivity index (χ0) is 17.6. The average Bonchev–Trinajstić information content (AvgIpc) is 2.98. The molecule has 0 saturated heterocycles. The monoisotopic (exact) mass is 334 g/mol. The molecule has 25 heavy (non-hydrogen) atoms. The highest BCUT2D eigenvalue weighted by Gasteiger charge is 2.20. The summed E-state index contributed by atoms with van der Waals surface area (Å²) in [5.74, 6) is 1.30. The number of nitrogens with one attached hydrogen (secondary N) is 1. The van der Waals surface area contributed by atoms with Gasteiger partial charge in [-0.15, -0.1) is 0 Å². The van der Waals surface area contributed by atoms with E-state index < -0.39 is 0 Å². The van der Waals surface area contributed by atoms with E-state index in [1.165, 1.54) is 0 Å². The molecule has 1 aliphatic heterocycles. The normalized spacial score (nSPS) is 15.2. The van der Waals surface area contributed by atoms with Crippen LogP contribution in [0.3, 0.4) is 0 Å². The Kier molecular flexibility index (Phi) is 5.29. The van der Waals surface area contributed by atoms with Crippen molar-refractivity contribution in [2.24, 2.45) is 4.99 Å². The lowest BCUT2D eigenvalue weighted by Gasteiger charge is -2.09. The summed E-state index contributed by atoms with van der Waals surface area (Å²) in [5.41, 5.74) is 3.30. The van der Waals surface area contributed by atoms with Gasteiger partial charge in [0.2, 0.25) is 0 Å². The van der Waals surface area contributed by atoms with Crippen LogP contribution in [-0.4, -0.2) is 18.3 Å². The molecule has 0 saturated carbocycles. The number of amides is 1. The maximum atomic E-state index is 12.2. The molecule has 0 radical (unpaired) electrons. The number of amidine groups is 1. The third-order valence-corrected chi connectivity index (χ3v) is 4.00. The molecule has 1 N–H and O–H groups in total. The molecule has 4 nitrogen and oxygen atoms in total. The van der Waals surface area contributed by atoms with Crippen molar-refractivity contribution in [3.05, 3.63) is 70.9 Å². The van der Waals surface area contributed by atoms with Crippen LogP contribution in [0.1, 0.15) is 36.5 Å². The number of carbonyl (C=O) groups excluding carboxylic acids is 1.